The molecule has 0 amide bonds. The maximum atomic E-state index is 13.1. The Hall–Kier alpha value is -2.69. The Bertz CT molecular complexity index is 1100. The van der Waals surface area contributed by atoms with Crippen molar-refractivity contribution in [2.75, 3.05) is 13.2 Å². The first-order valence-electron chi connectivity index (χ1n) is 14.5. The summed E-state index contributed by atoms with van der Waals surface area (Å²) in [6.07, 6.45) is 15.9. The molecule has 2 rings (SSSR count). The Kier molecular flexibility index (Phi) is 13.5. The SMILES string of the molecule is CCCCCCCCCCOc1c(OCC=C(C)CCC=C(C)C)c2cccc(OC(C)(C)C)c2oc1=O. The Morgan fingerprint density at radius 2 is 1.58 bits per heavy atom. The third-order valence-electron chi connectivity index (χ3n) is 6.22. The summed E-state index contributed by atoms with van der Waals surface area (Å²) in [5.74, 6) is 1.08. The molecule has 0 radical (unpaired) electrons. The molecule has 0 saturated carbocycles. The van der Waals surface area contributed by atoms with Crippen LogP contribution in [-0.2, 0) is 0 Å². The second-order valence-electron chi connectivity index (χ2n) is 11.4. The molecule has 2 aromatic rings. The van der Waals surface area contributed by atoms with Gasteiger partial charge in [0.2, 0.25) is 5.75 Å². The van der Waals surface area contributed by atoms with Crippen molar-refractivity contribution in [2.45, 2.75) is 118 Å². The Labute approximate surface area is 230 Å². The number of ether oxygens (including phenoxy) is 3. The second kappa shape index (κ2) is 16.3. The van der Waals surface area contributed by atoms with Gasteiger partial charge in [0.05, 0.1) is 12.0 Å². The first kappa shape index (κ1) is 31.5. The van der Waals surface area contributed by atoms with Crippen molar-refractivity contribution < 1.29 is 18.6 Å². The second-order valence-corrected chi connectivity index (χ2v) is 11.4. The minimum atomic E-state index is -0.540. The summed E-state index contributed by atoms with van der Waals surface area (Å²) in [4.78, 5) is 13.1. The minimum Gasteiger partial charge on any atom is -0.485 e. The summed E-state index contributed by atoms with van der Waals surface area (Å²) in [5.41, 5.74) is 1.97. The van der Waals surface area contributed by atoms with Crippen LogP contribution in [0, 0.1) is 0 Å². The highest BCUT2D eigenvalue weighted by atomic mass is 16.5. The normalized spacial score (nSPS) is 12.0. The first-order chi connectivity index (χ1) is 18.1. The van der Waals surface area contributed by atoms with Crippen molar-refractivity contribution in [3.05, 3.63) is 51.9 Å². The van der Waals surface area contributed by atoms with Gasteiger partial charge in [0.15, 0.2) is 17.1 Å². The lowest BCUT2D eigenvalue weighted by Crippen LogP contribution is -2.23. The number of allylic oxidation sites excluding steroid dienone is 3. The number of unbranched alkanes of at least 4 members (excludes halogenated alkanes) is 7. The van der Waals surface area contributed by atoms with Gasteiger partial charge in [0.1, 0.15) is 12.2 Å². The molecule has 0 spiro atoms. The number of hydrogen-bond acceptors (Lipinski definition) is 5. The molecule has 0 fully saturated rings. The standard InChI is InChI=1S/C33H50O5/c1-8-9-10-11-12-13-14-15-23-35-31-30(36-24-22-26(4)19-16-18-25(2)3)27-20-17-21-28(38-33(5,6)7)29(27)37-32(31)34/h17-18,20-22H,8-16,19,23-24H2,1-7H3. The summed E-state index contributed by atoms with van der Waals surface area (Å²) >= 11 is 0. The van der Waals surface area contributed by atoms with Crippen LogP contribution in [0.2, 0.25) is 0 Å². The van der Waals surface area contributed by atoms with E-state index in [1.54, 1.807) is 0 Å². The highest BCUT2D eigenvalue weighted by Gasteiger charge is 2.22. The molecule has 1 heterocycles. The number of para-hydroxylation sites is 1. The predicted octanol–water partition coefficient (Wildman–Crippen LogP) is 9.56. The van der Waals surface area contributed by atoms with Crippen molar-refractivity contribution in [1.82, 2.24) is 0 Å². The molecule has 0 N–H and O–H groups in total. The van der Waals surface area contributed by atoms with E-state index in [1.165, 1.54) is 49.7 Å². The van der Waals surface area contributed by atoms with Crippen LogP contribution in [0.1, 0.15) is 113 Å². The zero-order chi connectivity index (χ0) is 28.0. The summed E-state index contributed by atoms with van der Waals surface area (Å²) < 4.78 is 24.0. The van der Waals surface area contributed by atoms with E-state index in [1.807, 2.05) is 39.0 Å². The van der Waals surface area contributed by atoms with Gasteiger partial charge in [-0.15, -0.1) is 0 Å². The van der Waals surface area contributed by atoms with Crippen LogP contribution in [-0.4, -0.2) is 18.8 Å². The summed E-state index contributed by atoms with van der Waals surface area (Å²) in [6, 6.07) is 5.59. The average Bonchev–Trinajstić information content (AvgIpc) is 2.83. The van der Waals surface area contributed by atoms with Crippen LogP contribution in [0.4, 0.5) is 0 Å². The third kappa shape index (κ3) is 11.4. The van der Waals surface area contributed by atoms with Crippen molar-refractivity contribution >= 4 is 11.0 Å². The molecular weight excluding hydrogens is 476 g/mol. The fourth-order valence-electron chi connectivity index (χ4n) is 4.20. The van der Waals surface area contributed by atoms with E-state index in [0.29, 0.717) is 35.7 Å². The molecule has 0 unspecified atom stereocenters. The van der Waals surface area contributed by atoms with Crippen LogP contribution < -0.4 is 19.8 Å². The van der Waals surface area contributed by atoms with Crippen molar-refractivity contribution in [1.29, 1.82) is 0 Å². The summed E-state index contributed by atoms with van der Waals surface area (Å²) in [5, 5.41) is 0.674. The average molecular weight is 527 g/mol. The van der Waals surface area contributed by atoms with E-state index in [-0.39, 0.29) is 5.75 Å². The highest BCUT2D eigenvalue weighted by Crippen LogP contribution is 2.38. The largest absolute Gasteiger partial charge is 0.485 e. The zero-order valence-electron chi connectivity index (χ0n) is 24.9. The van der Waals surface area contributed by atoms with Crippen LogP contribution >= 0.6 is 0 Å². The molecule has 0 aliphatic rings. The molecule has 5 nitrogen and oxygen atoms in total. The van der Waals surface area contributed by atoms with Gasteiger partial charge in [-0.05, 0) is 79.0 Å². The number of hydrogen-bond donors (Lipinski definition) is 0. The van der Waals surface area contributed by atoms with Crippen LogP contribution in [0.5, 0.6) is 17.2 Å². The van der Waals surface area contributed by atoms with Crippen molar-refractivity contribution in [3.8, 4) is 17.2 Å². The third-order valence-corrected chi connectivity index (χ3v) is 6.22. The van der Waals surface area contributed by atoms with Crippen LogP contribution in [0.3, 0.4) is 0 Å². The quantitative estimate of drug-likeness (QED) is 0.117. The molecule has 0 atom stereocenters. The van der Waals surface area contributed by atoms with Crippen molar-refractivity contribution in [2.24, 2.45) is 0 Å². The van der Waals surface area contributed by atoms with Gasteiger partial charge in [-0.25, -0.2) is 4.79 Å². The lowest BCUT2D eigenvalue weighted by molar-refractivity contribution is 0.131. The predicted molar refractivity (Wildman–Crippen MR) is 159 cm³/mol. The Morgan fingerprint density at radius 1 is 0.895 bits per heavy atom. The van der Waals surface area contributed by atoms with Gasteiger partial charge < -0.3 is 18.6 Å². The maximum Gasteiger partial charge on any atom is 0.383 e. The zero-order valence-corrected chi connectivity index (χ0v) is 24.9. The van der Waals surface area contributed by atoms with Gasteiger partial charge in [-0.2, -0.15) is 0 Å². The van der Waals surface area contributed by atoms with Gasteiger partial charge >= 0.3 is 5.63 Å². The number of benzene rings is 1. The minimum absolute atomic E-state index is 0.143. The fraction of sp³-hybridized carbons (Fsp3) is 0.606. The van der Waals surface area contributed by atoms with E-state index >= 15 is 0 Å². The molecule has 1 aromatic carbocycles. The van der Waals surface area contributed by atoms with Gasteiger partial charge in [-0.1, -0.05) is 75.2 Å². The van der Waals surface area contributed by atoms with Gasteiger partial charge in [0.25, 0.3) is 0 Å². The number of rotatable bonds is 17. The topological polar surface area (TPSA) is 57.9 Å². The van der Waals surface area contributed by atoms with Gasteiger partial charge in [-0.3, -0.25) is 0 Å². The maximum absolute atomic E-state index is 13.1. The highest BCUT2D eigenvalue weighted by molar-refractivity contribution is 5.90. The molecule has 0 aliphatic heterocycles. The van der Waals surface area contributed by atoms with E-state index in [9.17, 15) is 4.79 Å². The summed E-state index contributed by atoms with van der Waals surface area (Å²) in [6.45, 7) is 15.3. The molecule has 1 aromatic heterocycles. The van der Waals surface area contributed by atoms with E-state index in [2.05, 4.69) is 39.8 Å². The lowest BCUT2D eigenvalue weighted by atomic mass is 10.1. The molecule has 212 valence electrons. The van der Waals surface area contributed by atoms with Crippen LogP contribution in [0.15, 0.2) is 50.7 Å². The molecule has 0 saturated heterocycles. The van der Waals surface area contributed by atoms with E-state index < -0.39 is 11.2 Å². The lowest BCUT2D eigenvalue weighted by Gasteiger charge is -2.22. The molecule has 5 heteroatoms. The Morgan fingerprint density at radius 3 is 2.24 bits per heavy atom. The monoisotopic (exact) mass is 526 g/mol. The molecule has 38 heavy (non-hydrogen) atoms. The smallest absolute Gasteiger partial charge is 0.383 e. The van der Waals surface area contributed by atoms with Gasteiger partial charge in [0, 0.05) is 0 Å². The molecule has 0 bridgehead atoms. The number of fused-ring (bicyclic) bond motifs is 1. The molecule has 0 aliphatic carbocycles. The van der Waals surface area contributed by atoms with Crippen molar-refractivity contribution in [3.63, 3.8) is 0 Å². The summed E-state index contributed by atoms with van der Waals surface area (Å²) in [7, 11) is 0. The first-order valence-corrected chi connectivity index (χ1v) is 14.5. The Balaban J connectivity index is 2.20. The fourth-order valence-corrected chi connectivity index (χ4v) is 4.20. The van der Waals surface area contributed by atoms with E-state index in [0.717, 1.165) is 25.7 Å². The van der Waals surface area contributed by atoms with Crippen LogP contribution in [0.25, 0.3) is 11.0 Å². The van der Waals surface area contributed by atoms with E-state index in [4.69, 9.17) is 18.6 Å². The molecular formula is C33H50O5.